The first-order valence-corrected chi connectivity index (χ1v) is 10.6. The molecule has 4 rings (SSSR count). The van der Waals surface area contributed by atoms with E-state index in [1.54, 1.807) is 17.2 Å². The molecule has 2 aliphatic rings. The minimum Gasteiger partial charge on any atom is -0.444 e. The minimum absolute atomic E-state index is 0.182. The van der Waals surface area contributed by atoms with Crippen LogP contribution in [0, 0.1) is 5.41 Å². The Morgan fingerprint density at radius 3 is 2.50 bits per heavy atom. The molecule has 1 aromatic carbocycles. The van der Waals surface area contributed by atoms with E-state index in [1.807, 2.05) is 51.1 Å². The quantitative estimate of drug-likeness (QED) is 0.665. The molecule has 8 heteroatoms. The van der Waals surface area contributed by atoms with Crippen LogP contribution in [0.5, 0.6) is 0 Å². The molecule has 4 N–H and O–H groups in total. The monoisotopic (exact) mass is 432 g/mol. The van der Waals surface area contributed by atoms with Gasteiger partial charge in [-0.1, -0.05) is 18.7 Å². The first-order valence-electron chi connectivity index (χ1n) is 10.6. The molecule has 1 fully saturated rings. The Labute approximate surface area is 187 Å². The minimum atomic E-state index is -0.554. The summed E-state index contributed by atoms with van der Waals surface area (Å²) in [5.41, 5.74) is 7.82. The van der Waals surface area contributed by atoms with Gasteiger partial charge in [0.1, 0.15) is 17.1 Å². The number of nitrogens with two attached hydrogens (primary N) is 1. The van der Waals surface area contributed by atoms with Crippen molar-refractivity contribution in [2.24, 2.45) is 4.99 Å². The molecule has 32 heavy (non-hydrogen) atoms. The number of alkyl carbamates (subject to hydrolysis) is 1. The lowest BCUT2D eigenvalue weighted by molar-refractivity contribution is 0.0377. The van der Waals surface area contributed by atoms with E-state index in [2.05, 4.69) is 21.9 Å². The zero-order valence-corrected chi connectivity index (χ0v) is 18.6. The van der Waals surface area contributed by atoms with Gasteiger partial charge >= 0.3 is 6.09 Å². The lowest BCUT2D eigenvalue weighted by Gasteiger charge is -2.43. The molecule has 2 heterocycles. The molecule has 1 aromatic heterocycles. The van der Waals surface area contributed by atoms with Crippen LogP contribution in [0.2, 0.25) is 0 Å². The van der Waals surface area contributed by atoms with Crippen molar-refractivity contribution in [3.63, 3.8) is 0 Å². The third kappa shape index (κ3) is 3.95. The maximum Gasteiger partial charge on any atom is 0.408 e. The first-order chi connectivity index (χ1) is 15.1. The predicted octanol–water partition coefficient (Wildman–Crippen LogP) is 4.33. The summed E-state index contributed by atoms with van der Waals surface area (Å²) in [7, 11) is 0. The highest BCUT2D eigenvalue weighted by Crippen LogP contribution is 2.42. The van der Waals surface area contributed by atoms with E-state index in [4.69, 9.17) is 15.9 Å². The number of hydrogen-bond acceptors (Lipinski definition) is 6. The number of carbonyl (C=O) groups is 1. The van der Waals surface area contributed by atoms with Crippen molar-refractivity contribution < 1.29 is 9.53 Å². The standard InChI is InChI=1S/C24H28N6O2/c1-15-20(26)30(21(28-15)18-7-5-14-27-19(18)25)17-10-8-16(9-11-17)24(12-6-13-24)29-22(31)32-23(2,3)4/h5,7-11,14,26H,1,6,12-13H2,2-4H3,(H2,25,27)(H,29,31). The maximum absolute atomic E-state index is 12.4. The summed E-state index contributed by atoms with van der Waals surface area (Å²) in [4.78, 5) is 22.7. The second-order valence-corrected chi connectivity index (χ2v) is 9.11. The molecule has 0 unspecified atom stereocenters. The van der Waals surface area contributed by atoms with E-state index < -0.39 is 17.2 Å². The molecule has 0 radical (unpaired) electrons. The number of ether oxygens (including phenoxy) is 1. The van der Waals surface area contributed by atoms with Gasteiger partial charge in [-0.2, -0.15) is 0 Å². The lowest BCUT2D eigenvalue weighted by atomic mass is 9.72. The van der Waals surface area contributed by atoms with Gasteiger partial charge in [-0.3, -0.25) is 10.3 Å². The normalized spacial score (nSPS) is 17.6. The van der Waals surface area contributed by atoms with Gasteiger partial charge in [0, 0.05) is 11.9 Å². The number of nitrogens with one attached hydrogen (secondary N) is 2. The van der Waals surface area contributed by atoms with Gasteiger partial charge < -0.3 is 15.8 Å². The average molecular weight is 433 g/mol. The Morgan fingerprint density at radius 1 is 1.25 bits per heavy atom. The van der Waals surface area contributed by atoms with Gasteiger partial charge in [-0.25, -0.2) is 14.8 Å². The van der Waals surface area contributed by atoms with E-state index in [-0.39, 0.29) is 5.84 Å². The topological polar surface area (TPSA) is 117 Å². The number of anilines is 2. The zero-order valence-electron chi connectivity index (χ0n) is 18.6. The summed E-state index contributed by atoms with van der Waals surface area (Å²) in [6.07, 6.45) is 3.93. The molecule has 1 saturated carbocycles. The molecule has 2 aromatic rings. The van der Waals surface area contributed by atoms with Crippen LogP contribution in [0.3, 0.4) is 0 Å². The molecule has 0 bridgehead atoms. The fourth-order valence-electron chi connectivity index (χ4n) is 3.95. The highest BCUT2D eigenvalue weighted by atomic mass is 16.6. The lowest BCUT2D eigenvalue weighted by Crippen LogP contribution is -2.52. The molecule has 0 atom stereocenters. The molecule has 1 amide bonds. The maximum atomic E-state index is 12.4. The molecule has 166 valence electrons. The second-order valence-electron chi connectivity index (χ2n) is 9.11. The van der Waals surface area contributed by atoms with E-state index in [1.165, 1.54) is 0 Å². The summed E-state index contributed by atoms with van der Waals surface area (Å²) >= 11 is 0. The van der Waals surface area contributed by atoms with Crippen LogP contribution in [0.1, 0.15) is 51.2 Å². The molecule has 0 spiro atoms. The van der Waals surface area contributed by atoms with Gasteiger partial charge in [0.15, 0.2) is 11.7 Å². The van der Waals surface area contributed by atoms with Crippen molar-refractivity contribution in [3.05, 3.63) is 66.0 Å². The first kappa shape index (κ1) is 21.5. The van der Waals surface area contributed by atoms with Crippen molar-refractivity contribution in [1.29, 1.82) is 5.41 Å². The summed E-state index contributed by atoms with van der Waals surface area (Å²) in [5, 5.41) is 11.5. The van der Waals surface area contributed by atoms with Crippen LogP contribution in [-0.4, -0.2) is 28.3 Å². The number of amides is 1. The highest BCUT2D eigenvalue weighted by Gasteiger charge is 2.41. The van der Waals surface area contributed by atoms with Crippen LogP contribution in [-0.2, 0) is 10.3 Å². The zero-order chi connectivity index (χ0) is 23.1. The third-order valence-electron chi connectivity index (χ3n) is 5.65. The number of benzene rings is 1. The fraction of sp³-hybridized carbons (Fsp3) is 0.333. The van der Waals surface area contributed by atoms with E-state index >= 15 is 0 Å². The SMILES string of the molecule is C=C1N=C(c2cccnc2N)N(c2ccc(C3(NC(=O)OC(C)(C)C)CCC3)cc2)C1=N. The van der Waals surface area contributed by atoms with Crippen molar-refractivity contribution in [2.45, 2.75) is 51.2 Å². The van der Waals surface area contributed by atoms with Crippen LogP contribution in [0.15, 0.2) is 59.9 Å². The summed E-state index contributed by atoms with van der Waals surface area (Å²) in [6.45, 7) is 9.43. The van der Waals surface area contributed by atoms with Gasteiger partial charge in [0.05, 0.1) is 11.1 Å². The Kier molecular flexibility index (Phi) is 5.24. The highest BCUT2D eigenvalue weighted by molar-refractivity contribution is 6.33. The van der Waals surface area contributed by atoms with Gasteiger partial charge in [0.25, 0.3) is 0 Å². The third-order valence-corrected chi connectivity index (χ3v) is 5.65. The Bertz CT molecular complexity index is 1110. The Morgan fingerprint density at radius 2 is 1.94 bits per heavy atom. The number of rotatable bonds is 4. The largest absolute Gasteiger partial charge is 0.444 e. The van der Waals surface area contributed by atoms with Crippen LogP contribution >= 0.6 is 0 Å². The van der Waals surface area contributed by atoms with Crippen molar-refractivity contribution in [1.82, 2.24) is 10.3 Å². The number of nitrogens with zero attached hydrogens (tertiary/aromatic N) is 3. The fourth-order valence-corrected chi connectivity index (χ4v) is 3.95. The summed E-state index contributed by atoms with van der Waals surface area (Å²) < 4.78 is 5.47. The molecule has 1 aliphatic carbocycles. The van der Waals surface area contributed by atoms with E-state index in [0.29, 0.717) is 22.9 Å². The van der Waals surface area contributed by atoms with Crippen LogP contribution < -0.4 is 16.0 Å². The van der Waals surface area contributed by atoms with E-state index in [0.717, 1.165) is 30.5 Å². The van der Waals surface area contributed by atoms with E-state index in [9.17, 15) is 4.79 Å². The molecular weight excluding hydrogens is 404 g/mol. The number of pyridine rings is 1. The molecule has 8 nitrogen and oxygen atoms in total. The van der Waals surface area contributed by atoms with Gasteiger partial charge in [-0.05, 0) is 69.9 Å². The summed E-state index contributed by atoms with van der Waals surface area (Å²) in [6, 6.07) is 11.4. The second kappa shape index (κ2) is 7.78. The summed E-state index contributed by atoms with van der Waals surface area (Å²) in [5.74, 6) is 1.04. The van der Waals surface area contributed by atoms with Crippen LogP contribution in [0.4, 0.5) is 16.3 Å². The molecule has 1 aliphatic heterocycles. The number of aromatic nitrogens is 1. The van der Waals surface area contributed by atoms with Crippen LogP contribution in [0.25, 0.3) is 0 Å². The predicted molar refractivity (Wildman–Crippen MR) is 126 cm³/mol. The number of aliphatic imine (C=N–C) groups is 1. The van der Waals surface area contributed by atoms with Crippen molar-refractivity contribution >= 4 is 29.3 Å². The number of hydrogen-bond donors (Lipinski definition) is 3. The smallest absolute Gasteiger partial charge is 0.408 e. The average Bonchev–Trinajstić information content (AvgIpc) is 2.98. The number of carbonyl (C=O) groups excluding carboxylic acids is 1. The number of nitrogen functional groups attached to an aromatic ring is 1. The van der Waals surface area contributed by atoms with Gasteiger partial charge in [-0.15, -0.1) is 0 Å². The van der Waals surface area contributed by atoms with Crippen molar-refractivity contribution in [3.8, 4) is 0 Å². The number of amidine groups is 2. The molecule has 0 saturated heterocycles. The Hall–Kier alpha value is -3.68. The Balaban J connectivity index is 1.61. The van der Waals surface area contributed by atoms with Crippen molar-refractivity contribution in [2.75, 3.05) is 10.6 Å². The molecular formula is C24H28N6O2. The van der Waals surface area contributed by atoms with Gasteiger partial charge in [0.2, 0.25) is 0 Å².